The van der Waals surface area contributed by atoms with E-state index in [2.05, 4.69) is 13.2 Å². The molecular formula is C22H15BO2. The minimum atomic E-state index is -0.983. The summed E-state index contributed by atoms with van der Waals surface area (Å²) < 4.78 is 79.5. The first-order valence-electron chi connectivity index (χ1n) is 11.7. The standard InChI is InChI=1S/C22H15BO2/c1-3-14-8-10-18-16(12-14)23-17-13-15(4-2)9-11-19(17)25-21-7-5-6-20(24-18)22(21)23/h3-13H,1-2H2/i5D,6D,7D,8D,10D,11D,12D,13D. The zero-order valence-electron chi connectivity index (χ0n) is 21.0. The summed E-state index contributed by atoms with van der Waals surface area (Å²) in [6.07, 6.45) is 2.73. The topological polar surface area (TPSA) is 18.5 Å². The maximum atomic E-state index is 8.79. The Morgan fingerprint density at radius 1 is 0.800 bits per heavy atom. The van der Waals surface area contributed by atoms with Crippen LogP contribution in [-0.2, 0) is 0 Å². The van der Waals surface area contributed by atoms with Crippen LogP contribution in [-0.4, -0.2) is 6.71 Å². The molecule has 25 heavy (non-hydrogen) atoms. The molecule has 2 aliphatic rings. The van der Waals surface area contributed by atoms with Crippen molar-refractivity contribution in [2.75, 3.05) is 0 Å². The minimum absolute atomic E-state index is 0.00596. The summed E-state index contributed by atoms with van der Waals surface area (Å²) in [6.45, 7) is 6.38. The van der Waals surface area contributed by atoms with Gasteiger partial charge in [0.2, 0.25) is 0 Å². The molecule has 3 aromatic carbocycles. The van der Waals surface area contributed by atoms with Gasteiger partial charge in [0.25, 0.3) is 6.71 Å². The van der Waals surface area contributed by atoms with Gasteiger partial charge in [-0.3, -0.25) is 0 Å². The molecule has 0 amide bonds. The van der Waals surface area contributed by atoms with E-state index in [9.17, 15) is 0 Å². The molecule has 118 valence electrons. The Morgan fingerprint density at radius 2 is 1.44 bits per heavy atom. The van der Waals surface area contributed by atoms with Crippen LogP contribution in [0.2, 0.25) is 0 Å². The quantitative estimate of drug-likeness (QED) is 0.460. The van der Waals surface area contributed by atoms with E-state index in [0.717, 1.165) is 0 Å². The molecule has 3 heteroatoms. The van der Waals surface area contributed by atoms with E-state index in [1.54, 1.807) is 0 Å². The van der Waals surface area contributed by atoms with Crippen LogP contribution in [0.3, 0.4) is 0 Å². The van der Waals surface area contributed by atoms with E-state index in [0.29, 0.717) is 5.56 Å². The largest absolute Gasteiger partial charge is 0.458 e. The fourth-order valence-corrected chi connectivity index (χ4v) is 3.12. The molecule has 0 fully saturated rings. The van der Waals surface area contributed by atoms with Crippen molar-refractivity contribution < 1.29 is 20.4 Å². The van der Waals surface area contributed by atoms with Gasteiger partial charge in [0, 0.05) is 5.46 Å². The monoisotopic (exact) mass is 330 g/mol. The Morgan fingerprint density at radius 3 is 2.12 bits per heavy atom. The van der Waals surface area contributed by atoms with Crippen molar-refractivity contribution in [1.82, 2.24) is 0 Å². The fraction of sp³-hybridized carbons (Fsp3) is 0. The summed E-state index contributed by atoms with van der Waals surface area (Å²) in [4.78, 5) is 0. The van der Waals surface area contributed by atoms with Crippen LogP contribution < -0.4 is 25.9 Å². The number of rotatable bonds is 2. The number of hydrogen-bond acceptors (Lipinski definition) is 2. The van der Waals surface area contributed by atoms with Gasteiger partial charge >= 0.3 is 0 Å². The van der Waals surface area contributed by atoms with Crippen LogP contribution in [0.5, 0.6) is 23.0 Å². The van der Waals surface area contributed by atoms with Crippen molar-refractivity contribution in [2.45, 2.75) is 0 Å². The van der Waals surface area contributed by atoms with E-state index >= 15 is 0 Å². The lowest BCUT2D eigenvalue weighted by Gasteiger charge is -2.33. The second-order valence-electron chi connectivity index (χ2n) is 5.64. The summed E-state index contributed by atoms with van der Waals surface area (Å²) >= 11 is 0. The Hall–Kier alpha value is -3.20. The molecule has 0 saturated carbocycles. The van der Waals surface area contributed by atoms with E-state index in [-0.39, 0.29) is 81.2 Å². The minimum Gasteiger partial charge on any atom is -0.458 e. The first-order chi connectivity index (χ1) is 15.6. The highest BCUT2D eigenvalue weighted by molar-refractivity contribution is 6.98. The van der Waals surface area contributed by atoms with Crippen LogP contribution in [0, 0.1) is 0 Å². The number of benzene rings is 3. The van der Waals surface area contributed by atoms with Crippen molar-refractivity contribution in [3.63, 3.8) is 0 Å². The number of hydrogen-bond donors (Lipinski definition) is 0. The van der Waals surface area contributed by atoms with Crippen molar-refractivity contribution in [1.29, 1.82) is 0 Å². The normalized spacial score (nSPS) is 17.4. The second kappa shape index (κ2) is 5.15. The summed E-state index contributed by atoms with van der Waals surface area (Å²) in [5.41, 5.74) is 1.03. The van der Waals surface area contributed by atoms with E-state index < -0.39 is 18.8 Å². The summed E-state index contributed by atoms with van der Waals surface area (Å²) in [5.74, 6) is -0.349. The molecule has 0 aliphatic carbocycles. The fourth-order valence-electron chi connectivity index (χ4n) is 3.12. The maximum Gasteiger partial charge on any atom is 0.260 e. The van der Waals surface area contributed by atoms with E-state index in [4.69, 9.17) is 20.4 Å². The molecule has 0 N–H and O–H groups in total. The Kier molecular flexibility index (Phi) is 1.70. The van der Waals surface area contributed by atoms with Gasteiger partial charge in [0.1, 0.15) is 23.0 Å². The van der Waals surface area contributed by atoms with Crippen molar-refractivity contribution in [3.8, 4) is 23.0 Å². The van der Waals surface area contributed by atoms with Gasteiger partial charge < -0.3 is 9.47 Å². The highest BCUT2D eigenvalue weighted by Gasteiger charge is 2.39. The molecule has 2 aliphatic heterocycles. The molecule has 0 bridgehead atoms. The van der Waals surface area contributed by atoms with Gasteiger partial charge in [0.15, 0.2) is 0 Å². The number of fused-ring (bicyclic) bond motifs is 4. The SMILES string of the molecule is [2H]c1cc(C=C)c([2H])c2c1Oc1c([2H])c([2H])c([2H])c3c1B2c1c([2H])c(C=C)c([2H])c([2H])c1O3. The van der Waals surface area contributed by atoms with Crippen LogP contribution >= 0.6 is 0 Å². The smallest absolute Gasteiger partial charge is 0.260 e. The lowest BCUT2D eigenvalue weighted by atomic mass is 9.34. The van der Waals surface area contributed by atoms with Crippen LogP contribution in [0.1, 0.15) is 22.1 Å². The first-order valence-corrected chi connectivity index (χ1v) is 7.65. The van der Waals surface area contributed by atoms with E-state index in [1.165, 1.54) is 18.2 Å². The van der Waals surface area contributed by atoms with Gasteiger partial charge in [-0.1, -0.05) is 55.5 Å². The maximum absolute atomic E-state index is 8.79. The molecule has 3 aromatic rings. The molecule has 0 aromatic heterocycles. The molecule has 5 rings (SSSR count). The van der Waals surface area contributed by atoms with Crippen LogP contribution in [0.25, 0.3) is 12.2 Å². The third kappa shape index (κ3) is 1.99. The summed E-state index contributed by atoms with van der Waals surface area (Å²) in [7, 11) is 0. The Balaban J connectivity index is 2.03. The molecule has 0 spiro atoms. The molecule has 0 saturated heterocycles. The van der Waals surface area contributed by atoms with Crippen molar-refractivity contribution >= 4 is 35.3 Å². The van der Waals surface area contributed by atoms with Crippen molar-refractivity contribution in [3.05, 3.63) is 78.7 Å². The summed E-state index contributed by atoms with van der Waals surface area (Å²) in [5, 5.41) is 0. The molecule has 0 unspecified atom stereocenters. The third-order valence-corrected chi connectivity index (χ3v) is 4.25. The average Bonchev–Trinajstić information content (AvgIpc) is 2.80. The predicted molar refractivity (Wildman–Crippen MR) is 104 cm³/mol. The third-order valence-electron chi connectivity index (χ3n) is 4.25. The van der Waals surface area contributed by atoms with Crippen LogP contribution in [0.4, 0.5) is 0 Å². The highest BCUT2D eigenvalue weighted by Crippen LogP contribution is 2.34. The zero-order chi connectivity index (χ0) is 23.9. The van der Waals surface area contributed by atoms with Gasteiger partial charge in [-0.05, 0) is 46.2 Å². The predicted octanol–water partition coefficient (Wildman–Crippen LogP) is 3.70. The second-order valence-corrected chi connectivity index (χ2v) is 5.64. The Bertz CT molecular complexity index is 1450. The molecule has 2 nitrogen and oxygen atoms in total. The lowest BCUT2D eigenvalue weighted by Crippen LogP contribution is -2.57. The zero-order valence-corrected chi connectivity index (χ0v) is 13.0. The van der Waals surface area contributed by atoms with Gasteiger partial charge in [-0.2, -0.15) is 0 Å². The molecule has 2 heterocycles. The van der Waals surface area contributed by atoms with Gasteiger partial charge in [0.05, 0.1) is 11.0 Å². The molecular weight excluding hydrogens is 307 g/mol. The number of ether oxygens (including phenoxy) is 2. The van der Waals surface area contributed by atoms with Crippen LogP contribution in [0.15, 0.2) is 67.6 Å². The lowest BCUT2D eigenvalue weighted by molar-refractivity contribution is 0.464. The summed E-state index contributed by atoms with van der Waals surface area (Å²) in [6, 6.07) is -0.650. The first kappa shape index (κ1) is 8.26. The van der Waals surface area contributed by atoms with Gasteiger partial charge in [-0.25, -0.2) is 0 Å². The van der Waals surface area contributed by atoms with E-state index in [1.807, 2.05) is 0 Å². The molecule has 0 radical (unpaired) electrons. The average molecular weight is 330 g/mol. The highest BCUT2D eigenvalue weighted by atomic mass is 16.5. The van der Waals surface area contributed by atoms with Gasteiger partial charge in [-0.15, -0.1) is 0 Å². The molecule has 0 atom stereocenters. The Labute approximate surface area is 158 Å². The van der Waals surface area contributed by atoms with Crippen molar-refractivity contribution in [2.24, 2.45) is 0 Å².